The number of hydrogen-bond acceptors (Lipinski definition) is 6. The van der Waals surface area contributed by atoms with Crippen LogP contribution in [0, 0.1) is 6.92 Å². The normalized spacial score (nSPS) is 16.4. The SMILES string of the molecule is Cc1ccc(-c2csc(NC(=O)C(C)N3CCN(CC(=O)NC(C)C)CC3)n2)cc1. The molecular weight excluding hydrogens is 398 g/mol. The van der Waals surface area contributed by atoms with Gasteiger partial charge in [0.05, 0.1) is 18.3 Å². The Labute approximate surface area is 182 Å². The number of aromatic nitrogens is 1. The van der Waals surface area contributed by atoms with E-state index in [9.17, 15) is 9.59 Å². The first-order chi connectivity index (χ1) is 14.3. The summed E-state index contributed by atoms with van der Waals surface area (Å²) >= 11 is 1.44. The van der Waals surface area contributed by atoms with Crippen LogP contribution in [0.4, 0.5) is 5.13 Å². The van der Waals surface area contributed by atoms with Crippen molar-refractivity contribution in [2.24, 2.45) is 0 Å². The molecule has 1 aromatic carbocycles. The highest BCUT2D eigenvalue weighted by atomic mass is 32.1. The van der Waals surface area contributed by atoms with Gasteiger partial charge in [-0.25, -0.2) is 4.98 Å². The Balaban J connectivity index is 1.48. The highest BCUT2D eigenvalue weighted by Gasteiger charge is 2.27. The summed E-state index contributed by atoms with van der Waals surface area (Å²) in [6.45, 7) is 11.4. The van der Waals surface area contributed by atoms with Gasteiger partial charge in [0.15, 0.2) is 5.13 Å². The Morgan fingerprint density at radius 3 is 2.40 bits per heavy atom. The molecule has 1 aliphatic heterocycles. The van der Waals surface area contributed by atoms with E-state index in [1.54, 1.807) is 0 Å². The average Bonchev–Trinajstić information content (AvgIpc) is 3.16. The van der Waals surface area contributed by atoms with Gasteiger partial charge < -0.3 is 10.6 Å². The van der Waals surface area contributed by atoms with E-state index in [4.69, 9.17) is 0 Å². The third-order valence-electron chi connectivity index (χ3n) is 5.23. The zero-order chi connectivity index (χ0) is 21.7. The minimum atomic E-state index is -0.247. The predicted molar refractivity (Wildman–Crippen MR) is 122 cm³/mol. The molecule has 1 unspecified atom stereocenters. The summed E-state index contributed by atoms with van der Waals surface area (Å²) in [5, 5.41) is 8.46. The number of nitrogens with zero attached hydrogens (tertiary/aromatic N) is 3. The second kappa shape index (κ2) is 10.1. The molecule has 2 N–H and O–H groups in total. The first-order valence-electron chi connectivity index (χ1n) is 10.4. The van der Waals surface area contributed by atoms with E-state index in [0.29, 0.717) is 11.7 Å². The summed E-state index contributed by atoms with van der Waals surface area (Å²) in [4.78, 5) is 33.5. The topological polar surface area (TPSA) is 77.6 Å². The van der Waals surface area contributed by atoms with Crippen LogP contribution in [0.5, 0.6) is 0 Å². The fourth-order valence-electron chi connectivity index (χ4n) is 3.44. The van der Waals surface area contributed by atoms with E-state index in [1.165, 1.54) is 16.9 Å². The molecule has 0 bridgehead atoms. The van der Waals surface area contributed by atoms with Crippen LogP contribution in [0.25, 0.3) is 11.3 Å². The molecular formula is C22H31N5O2S. The summed E-state index contributed by atoms with van der Waals surface area (Å²) < 4.78 is 0. The molecule has 1 aliphatic rings. The van der Waals surface area contributed by atoms with Gasteiger partial charge in [0.25, 0.3) is 0 Å². The fourth-order valence-corrected chi connectivity index (χ4v) is 4.17. The number of thiazole rings is 1. The predicted octanol–water partition coefficient (Wildman–Crippen LogP) is 2.59. The molecule has 2 heterocycles. The van der Waals surface area contributed by atoms with E-state index in [0.717, 1.165) is 37.4 Å². The molecule has 1 fully saturated rings. The van der Waals surface area contributed by atoms with Gasteiger partial charge in [-0.3, -0.25) is 19.4 Å². The number of piperazine rings is 1. The van der Waals surface area contributed by atoms with Crippen molar-refractivity contribution in [3.63, 3.8) is 0 Å². The molecule has 2 amide bonds. The van der Waals surface area contributed by atoms with Crippen LogP contribution in [-0.2, 0) is 9.59 Å². The largest absolute Gasteiger partial charge is 0.353 e. The van der Waals surface area contributed by atoms with Crippen molar-refractivity contribution in [1.82, 2.24) is 20.1 Å². The van der Waals surface area contributed by atoms with E-state index >= 15 is 0 Å². The van der Waals surface area contributed by atoms with Gasteiger partial charge in [-0.15, -0.1) is 11.3 Å². The molecule has 8 heteroatoms. The number of carbonyl (C=O) groups excluding carboxylic acids is 2. The summed E-state index contributed by atoms with van der Waals surface area (Å²) in [5.74, 6) is 0.00296. The van der Waals surface area contributed by atoms with Crippen molar-refractivity contribution in [2.75, 3.05) is 38.0 Å². The molecule has 0 radical (unpaired) electrons. The van der Waals surface area contributed by atoms with E-state index in [2.05, 4.69) is 44.5 Å². The Morgan fingerprint density at radius 2 is 1.77 bits per heavy atom. The minimum Gasteiger partial charge on any atom is -0.353 e. The highest BCUT2D eigenvalue weighted by Crippen LogP contribution is 2.25. The molecule has 1 saturated heterocycles. The van der Waals surface area contributed by atoms with Crippen LogP contribution >= 0.6 is 11.3 Å². The highest BCUT2D eigenvalue weighted by molar-refractivity contribution is 7.14. The van der Waals surface area contributed by atoms with Gasteiger partial charge in [0.2, 0.25) is 11.8 Å². The zero-order valence-electron chi connectivity index (χ0n) is 18.1. The van der Waals surface area contributed by atoms with Crippen LogP contribution in [0.15, 0.2) is 29.6 Å². The standard InChI is InChI=1S/C22H31N5O2S/c1-15(2)23-20(28)13-26-9-11-27(12-10-26)17(4)21(29)25-22-24-19(14-30-22)18-7-5-16(3)6-8-18/h5-8,14-15,17H,9-13H2,1-4H3,(H,23,28)(H,24,25,29). The third-order valence-corrected chi connectivity index (χ3v) is 5.99. The second-order valence-corrected chi connectivity index (χ2v) is 8.96. The Hall–Kier alpha value is -2.29. The van der Waals surface area contributed by atoms with Crippen molar-refractivity contribution in [1.29, 1.82) is 0 Å². The van der Waals surface area contributed by atoms with Gasteiger partial charge >= 0.3 is 0 Å². The lowest BCUT2D eigenvalue weighted by Gasteiger charge is -2.37. The summed E-state index contributed by atoms with van der Waals surface area (Å²) in [6, 6.07) is 8.10. The van der Waals surface area contributed by atoms with Crippen molar-refractivity contribution < 1.29 is 9.59 Å². The molecule has 0 saturated carbocycles. The van der Waals surface area contributed by atoms with E-state index < -0.39 is 0 Å². The van der Waals surface area contributed by atoms with E-state index in [-0.39, 0.29) is 23.9 Å². The molecule has 3 rings (SSSR count). The first kappa shape index (κ1) is 22.4. The minimum absolute atomic E-state index is 0.0502. The molecule has 30 heavy (non-hydrogen) atoms. The number of anilines is 1. The van der Waals surface area contributed by atoms with Gasteiger partial charge in [-0.05, 0) is 27.7 Å². The van der Waals surface area contributed by atoms with Crippen LogP contribution in [0.3, 0.4) is 0 Å². The maximum Gasteiger partial charge on any atom is 0.243 e. The van der Waals surface area contributed by atoms with Crippen LogP contribution in [0.1, 0.15) is 26.3 Å². The molecule has 7 nitrogen and oxygen atoms in total. The molecule has 1 atom stereocenters. The summed E-state index contributed by atoms with van der Waals surface area (Å²) in [6.07, 6.45) is 0. The molecule has 1 aromatic heterocycles. The number of hydrogen-bond donors (Lipinski definition) is 2. The number of rotatable bonds is 7. The quantitative estimate of drug-likeness (QED) is 0.707. The molecule has 162 valence electrons. The number of carbonyl (C=O) groups is 2. The lowest BCUT2D eigenvalue weighted by atomic mass is 10.1. The third kappa shape index (κ3) is 6.10. The van der Waals surface area contributed by atoms with Crippen molar-refractivity contribution in [3.05, 3.63) is 35.2 Å². The summed E-state index contributed by atoms with van der Waals surface area (Å²) in [5.41, 5.74) is 3.12. The first-order valence-corrected chi connectivity index (χ1v) is 11.3. The second-order valence-electron chi connectivity index (χ2n) is 8.10. The fraction of sp³-hybridized carbons (Fsp3) is 0.500. The van der Waals surface area contributed by atoms with E-state index in [1.807, 2.05) is 38.3 Å². The van der Waals surface area contributed by atoms with Crippen LogP contribution < -0.4 is 10.6 Å². The Kier molecular flexibility index (Phi) is 7.58. The molecule has 0 spiro atoms. The number of amides is 2. The van der Waals surface area contributed by atoms with Gasteiger partial charge in [-0.1, -0.05) is 29.8 Å². The van der Waals surface area contributed by atoms with Crippen LogP contribution in [-0.4, -0.2) is 71.4 Å². The lowest BCUT2D eigenvalue weighted by molar-refractivity contribution is -0.125. The summed E-state index contributed by atoms with van der Waals surface area (Å²) in [7, 11) is 0. The average molecular weight is 430 g/mol. The van der Waals surface area contributed by atoms with Gasteiger partial charge in [0, 0.05) is 43.2 Å². The number of aryl methyl sites for hydroxylation is 1. The number of nitrogens with one attached hydrogen (secondary N) is 2. The zero-order valence-corrected chi connectivity index (χ0v) is 19.0. The van der Waals surface area contributed by atoms with Crippen molar-refractivity contribution in [2.45, 2.75) is 39.8 Å². The smallest absolute Gasteiger partial charge is 0.243 e. The maximum atomic E-state index is 12.7. The Morgan fingerprint density at radius 1 is 1.10 bits per heavy atom. The molecule has 2 aromatic rings. The van der Waals surface area contributed by atoms with Gasteiger partial charge in [-0.2, -0.15) is 0 Å². The van der Waals surface area contributed by atoms with Crippen LogP contribution in [0.2, 0.25) is 0 Å². The number of benzene rings is 1. The molecule has 0 aliphatic carbocycles. The van der Waals surface area contributed by atoms with Crippen molar-refractivity contribution >= 4 is 28.3 Å². The maximum absolute atomic E-state index is 12.7. The monoisotopic (exact) mass is 429 g/mol. The Bertz CT molecular complexity index is 857. The lowest BCUT2D eigenvalue weighted by Crippen LogP contribution is -2.54. The van der Waals surface area contributed by atoms with Gasteiger partial charge in [0.1, 0.15) is 0 Å². The van der Waals surface area contributed by atoms with Crippen molar-refractivity contribution in [3.8, 4) is 11.3 Å².